The lowest BCUT2D eigenvalue weighted by molar-refractivity contribution is -0.142. The lowest BCUT2D eigenvalue weighted by atomic mass is 10.2. The van der Waals surface area contributed by atoms with Gasteiger partial charge in [-0.05, 0) is 43.2 Å². The number of hydrogen-bond donors (Lipinski definition) is 2. The molecular formula is C25H28N2O5S. The molecule has 0 spiro atoms. The van der Waals surface area contributed by atoms with E-state index in [1.54, 1.807) is 37.3 Å². The van der Waals surface area contributed by atoms with Gasteiger partial charge in [0.1, 0.15) is 17.3 Å². The van der Waals surface area contributed by atoms with Crippen LogP contribution in [-0.2, 0) is 32.7 Å². The van der Waals surface area contributed by atoms with Gasteiger partial charge in [0.25, 0.3) is 10.0 Å². The van der Waals surface area contributed by atoms with Crippen molar-refractivity contribution >= 4 is 21.7 Å². The molecule has 0 saturated heterocycles. The summed E-state index contributed by atoms with van der Waals surface area (Å²) >= 11 is 0. The predicted molar refractivity (Wildman–Crippen MR) is 128 cm³/mol. The standard InChI is InChI=1S/C25H28N2O5S/c1-3-31-24(28)17-26-16-21-10-7-11-23(32-18-20-8-5-4-6-9-20)25(21)33(29,30)27-22-14-12-19(2)13-15-22/h4-15,26-27H,3,16-18H2,1-2H3. The molecule has 0 aliphatic rings. The highest BCUT2D eigenvalue weighted by Crippen LogP contribution is 2.30. The fraction of sp³-hybridized carbons (Fsp3) is 0.240. The topological polar surface area (TPSA) is 93.7 Å². The number of sulfonamides is 1. The Morgan fingerprint density at radius 2 is 1.67 bits per heavy atom. The molecule has 7 nitrogen and oxygen atoms in total. The van der Waals surface area contributed by atoms with E-state index in [0.29, 0.717) is 11.3 Å². The Morgan fingerprint density at radius 3 is 2.36 bits per heavy atom. The summed E-state index contributed by atoms with van der Waals surface area (Å²) in [6, 6.07) is 21.6. The van der Waals surface area contributed by atoms with Crippen molar-refractivity contribution in [1.82, 2.24) is 5.32 Å². The minimum absolute atomic E-state index is 0.0258. The van der Waals surface area contributed by atoms with Gasteiger partial charge in [-0.15, -0.1) is 0 Å². The van der Waals surface area contributed by atoms with E-state index in [0.717, 1.165) is 11.1 Å². The summed E-state index contributed by atoms with van der Waals surface area (Å²) in [6.45, 7) is 4.27. The molecule has 0 atom stereocenters. The quantitative estimate of drug-likeness (QED) is 0.413. The maximum Gasteiger partial charge on any atom is 0.319 e. The molecule has 0 bridgehead atoms. The van der Waals surface area contributed by atoms with Crippen LogP contribution in [-0.4, -0.2) is 27.5 Å². The molecule has 3 rings (SSSR count). The Labute approximate surface area is 194 Å². The van der Waals surface area contributed by atoms with Crippen molar-refractivity contribution in [2.75, 3.05) is 17.9 Å². The molecule has 0 aliphatic carbocycles. The van der Waals surface area contributed by atoms with Gasteiger partial charge in [0.15, 0.2) is 0 Å². The SMILES string of the molecule is CCOC(=O)CNCc1cccc(OCc2ccccc2)c1S(=O)(=O)Nc1ccc(C)cc1. The fourth-order valence-electron chi connectivity index (χ4n) is 3.19. The summed E-state index contributed by atoms with van der Waals surface area (Å²) in [5.74, 6) is -0.176. The van der Waals surface area contributed by atoms with Crippen molar-refractivity contribution in [3.8, 4) is 5.75 Å². The van der Waals surface area contributed by atoms with Crippen LogP contribution >= 0.6 is 0 Å². The monoisotopic (exact) mass is 468 g/mol. The van der Waals surface area contributed by atoms with Gasteiger partial charge in [-0.25, -0.2) is 8.42 Å². The number of aryl methyl sites for hydroxylation is 1. The molecule has 0 saturated carbocycles. The highest BCUT2D eigenvalue weighted by atomic mass is 32.2. The van der Waals surface area contributed by atoms with Gasteiger partial charge in [0, 0.05) is 12.2 Å². The van der Waals surface area contributed by atoms with Crippen molar-refractivity contribution in [2.45, 2.75) is 31.9 Å². The van der Waals surface area contributed by atoms with Gasteiger partial charge < -0.3 is 14.8 Å². The summed E-state index contributed by atoms with van der Waals surface area (Å²) in [6.07, 6.45) is 0. The van der Waals surface area contributed by atoms with E-state index in [-0.39, 0.29) is 36.9 Å². The van der Waals surface area contributed by atoms with E-state index < -0.39 is 16.0 Å². The third-order valence-corrected chi connectivity index (χ3v) is 6.27. The van der Waals surface area contributed by atoms with E-state index >= 15 is 0 Å². The highest BCUT2D eigenvalue weighted by molar-refractivity contribution is 7.92. The number of benzene rings is 3. The van der Waals surface area contributed by atoms with Crippen LogP contribution in [0.4, 0.5) is 5.69 Å². The van der Waals surface area contributed by atoms with Gasteiger partial charge in [0.05, 0.1) is 13.2 Å². The van der Waals surface area contributed by atoms with E-state index in [2.05, 4.69) is 10.0 Å². The van der Waals surface area contributed by atoms with Crippen LogP contribution in [0.3, 0.4) is 0 Å². The molecule has 0 aliphatic heterocycles. The normalized spacial score (nSPS) is 11.1. The van der Waals surface area contributed by atoms with Crippen molar-refractivity contribution in [2.24, 2.45) is 0 Å². The van der Waals surface area contributed by atoms with E-state index in [9.17, 15) is 13.2 Å². The third kappa shape index (κ3) is 7.06. The number of esters is 1. The molecule has 0 heterocycles. The fourth-order valence-corrected chi connectivity index (χ4v) is 4.62. The predicted octanol–water partition coefficient (Wildman–Crippen LogP) is 4.03. The zero-order valence-corrected chi connectivity index (χ0v) is 19.5. The van der Waals surface area contributed by atoms with Crippen molar-refractivity contribution in [1.29, 1.82) is 0 Å². The van der Waals surface area contributed by atoms with Crippen molar-refractivity contribution in [3.05, 3.63) is 89.5 Å². The molecule has 2 N–H and O–H groups in total. The smallest absolute Gasteiger partial charge is 0.319 e. The first-order valence-electron chi connectivity index (χ1n) is 10.6. The zero-order chi connectivity index (χ0) is 23.7. The van der Waals surface area contributed by atoms with Gasteiger partial charge in [-0.3, -0.25) is 9.52 Å². The number of nitrogens with one attached hydrogen (secondary N) is 2. The van der Waals surface area contributed by atoms with Crippen LogP contribution in [0.5, 0.6) is 5.75 Å². The average molecular weight is 469 g/mol. The van der Waals surface area contributed by atoms with Crippen molar-refractivity contribution in [3.63, 3.8) is 0 Å². The summed E-state index contributed by atoms with van der Waals surface area (Å²) in [7, 11) is -3.98. The summed E-state index contributed by atoms with van der Waals surface area (Å²) in [5, 5.41) is 2.95. The maximum atomic E-state index is 13.4. The molecule has 174 valence electrons. The van der Waals surface area contributed by atoms with Crippen LogP contribution in [0.25, 0.3) is 0 Å². The largest absolute Gasteiger partial charge is 0.487 e. The minimum Gasteiger partial charge on any atom is -0.487 e. The third-order valence-electron chi connectivity index (χ3n) is 4.76. The Balaban J connectivity index is 1.89. The molecule has 0 fully saturated rings. The summed E-state index contributed by atoms with van der Waals surface area (Å²) in [5.41, 5.74) is 2.86. The number of carbonyl (C=O) groups is 1. The molecule has 3 aromatic rings. The van der Waals surface area contributed by atoms with Crippen molar-refractivity contribution < 1.29 is 22.7 Å². The van der Waals surface area contributed by atoms with Gasteiger partial charge >= 0.3 is 5.97 Å². The number of ether oxygens (including phenoxy) is 2. The number of rotatable bonds is 11. The second-order valence-corrected chi connectivity index (χ2v) is 9.02. The van der Waals surface area contributed by atoms with Crippen LogP contribution in [0.1, 0.15) is 23.6 Å². The van der Waals surface area contributed by atoms with E-state index in [1.165, 1.54) is 0 Å². The number of hydrogen-bond acceptors (Lipinski definition) is 6. The van der Waals surface area contributed by atoms with Gasteiger partial charge in [-0.1, -0.05) is 60.2 Å². The van der Waals surface area contributed by atoms with Gasteiger partial charge in [-0.2, -0.15) is 0 Å². The first kappa shape index (κ1) is 24.3. The molecule has 0 amide bonds. The minimum atomic E-state index is -3.98. The average Bonchev–Trinajstić information content (AvgIpc) is 2.80. The second kappa shape index (κ2) is 11.5. The first-order chi connectivity index (χ1) is 15.9. The molecule has 8 heteroatoms. The lowest BCUT2D eigenvalue weighted by Crippen LogP contribution is -2.26. The molecule has 0 unspecified atom stereocenters. The molecule has 0 aromatic heterocycles. The molecule has 3 aromatic carbocycles. The second-order valence-electron chi connectivity index (χ2n) is 7.40. The van der Waals surface area contributed by atoms with E-state index in [4.69, 9.17) is 9.47 Å². The Kier molecular flexibility index (Phi) is 8.46. The molecule has 0 radical (unpaired) electrons. The Morgan fingerprint density at radius 1 is 0.939 bits per heavy atom. The Bertz CT molecular complexity index is 1160. The molecule has 33 heavy (non-hydrogen) atoms. The lowest BCUT2D eigenvalue weighted by Gasteiger charge is -2.17. The number of carbonyl (C=O) groups excluding carboxylic acids is 1. The Hall–Kier alpha value is -3.36. The first-order valence-corrected chi connectivity index (χ1v) is 12.1. The van der Waals surface area contributed by atoms with Gasteiger partial charge in [0.2, 0.25) is 0 Å². The van der Waals surface area contributed by atoms with Crippen LogP contribution < -0.4 is 14.8 Å². The zero-order valence-electron chi connectivity index (χ0n) is 18.7. The summed E-state index contributed by atoms with van der Waals surface area (Å²) < 4.78 is 40.3. The van der Waals surface area contributed by atoms with Crippen LogP contribution in [0, 0.1) is 6.92 Å². The van der Waals surface area contributed by atoms with Crippen LogP contribution in [0.15, 0.2) is 77.7 Å². The summed E-state index contributed by atoms with van der Waals surface area (Å²) in [4.78, 5) is 11.7. The van der Waals surface area contributed by atoms with E-state index in [1.807, 2.05) is 49.4 Å². The van der Waals surface area contributed by atoms with Crippen LogP contribution in [0.2, 0.25) is 0 Å². The number of anilines is 1. The molecular weight excluding hydrogens is 440 g/mol. The highest BCUT2D eigenvalue weighted by Gasteiger charge is 2.24. The maximum absolute atomic E-state index is 13.4.